The van der Waals surface area contributed by atoms with Gasteiger partial charge in [-0.1, -0.05) is 0 Å². The second-order valence-corrected chi connectivity index (χ2v) is 7.26. The van der Waals surface area contributed by atoms with Gasteiger partial charge in [0, 0.05) is 63.7 Å². The normalized spacial score (nSPS) is 16.6. The number of rotatable bonds is 3. The van der Waals surface area contributed by atoms with Crippen LogP contribution < -0.4 is 11.1 Å². The Balaban J connectivity index is 2.09. The number of benzene rings is 1. The number of carboxylic acid groups (broad SMARTS) is 3. The lowest BCUT2D eigenvalue weighted by Gasteiger charge is -2.31. The third-order valence-corrected chi connectivity index (χ3v) is 5.03. The summed E-state index contributed by atoms with van der Waals surface area (Å²) < 4.78 is 0. The van der Waals surface area contributed by atoms with E-state index in [4.69, 9.17) is 5.73 Å². The van der Waals surface area contributed by atoms with Crippen molar-refractivity contribution in [2.24, 2.45) is 0 Å². The molecule has 0 aliphatic carbocycles. The molecular formula is C19H28N6O7. The van der Waals surface area contributed by atoms with Gasteiger partial charge in [-0.05, 0) is 24.3 Å². The summed E-state index contributed by atoms with van der Waals surface area (Å²) in [6, 6.07) is 6.58. The summed E-state index contributed by atoms with van der Waals surface area (Å²) in [5.41, 5.74) is 6.73. The first-order valence-corrected chi connectivity index (χ1v) is 9.97. The Labute approximate surface area is 184 Å². The largest absolute Gasteiger partial charge is 0.465 e. The van der Waals surface area contributed by atoms with E-state index in [0.29, 0.717) is 11.4 Å². The quantitative estimate of drug-likeness (QED) is 0.407. The number of nitrogens with zero attached hydrogens (tertiary/aromatic N) is 4. The number of nitrogens with one attached hydrogen (secondary N) is 1. The summed E-state index contributed by atoms with van der Waals surface area (Å²) in [6.45, 7) is 0.00629. The number of nitrogen functional groups attached to an aromatic ring is 1. The number of anilines is 2. The lowest BCUT2D eigenvalue weighted by atomic mass is 10.3. The van der Waals surface area contributed by atoms with E-state index < -0.39 is 18.3 Å². The molecule has 1 heterocycles. The van der Waals surface area contributed by atoms with Crippen molar-refractivity contribution in [3.05, 3.63) is 24.3 Å². The predicted octanol–water partition coefficient (Wildman–Crippen LogP) is 0.463. The minimum absolute atomic E-state index is 0.0328. The maximum atomic E-state index is 12.5. The molecule has 0 saturated carbocycles. The zero-order valence-electron chi connectivity index (χ0n) is 17.5. The molecule has 0 aromatic heterocycles. The van der Waals surface area contributed by atoms with Crippen LogP contribution in [-0.2, 0) is 4.79 Å². The van der Waals surface area contributed by atoms with E-state index in [1.807, 2.05) is 0 Å². The van der Waals surface area contributed by atoms with Gasteiger partial charge in [-0.3, -0.25) is 9.69 Å². The molecule has 0 radical (unpaired) electrons. The molecule has 0 atom stereocenters. The van der Waals surface area contributed by atoms with Crippen molar-refractivity contribution in [3.8, 4) is 0 Å². The molecule has 1 aliphatic heterocycles. The standard InChI is InChI=1S/C19H28N6O7/c20-14-1-3-15(4-2-14)21-16(26)13-22-5-7-23(17(27)28)9-11-25(19(31)32)12-10-24(8-6-22)18(29)30/h1-4H,5-13,20H2,(H,21,26)(H,27,28)(H,29,30)(H,31,32). The van der Waals surface area contributed by atoms with Crippen LogP contribution in [0.2, 0.25) is 0 Å². The molecule has 1 aliphatic rings. The van der Waals surface area contributed by atoms with Crippen molar-refractivity contribution >= 4 is 35.6 Å². The summed E-state index contributed by atoms with van der Waals surface area (Å²) in [7, 11) is 0. The van der Waals surface area contributed by atoms with Gasteiger partial charge >= 0.3 is 18.3 Å². The van der Waals surface area contributed by atoms with Crippen molar-refractivity contribution in [2.75, 3.05) is 70.0 Å². The molecule has 1 saturated heterocycles. The molecule has 13 nitrogen and oxygen atoms in total. The van der Waals surface area contributed by atoms with Crippen molar-refractivity contribution in [1.82, 2.24) is 19.6 Å². The number of amides is 4. The fourth-order valence-electron chi connectivity index (χ4n) is 3.16. The molecule has 176 valence electrons. The molecule has 1 aromatic rings. The molecule has 1 aromatic carbocycles. The molecule has 0 unspecified atom stereocenters. The first-order valence-electron chi connectivity index (χ1n) is 9.97. The van der Waals surface area contributed by atoms with Crippen LogP contribution in [0, 0.1) is 0 Å². The molecular weight excluding hydrogens is 424 g/mol. The van der Waals surface area contributed by atoms with Crippen LogP contribution in [-0.4, -0.2) is 118 Å². The Kier molecular flexibility index (Phi) is 8.89. The molecule has 2 rings (SSSR count). The Bertz CT molecular complexity index is 789. The van der Waals surface area contributed by atoms with Gasteiger partial charge in [0.05, 0.1) is 6.54 Å². The summed E-state index contributed by atoms with van der Waals surface area (Å²) in [4.78, 5) is 51.8. The van der Waals surface area contributed by atoms with Gasteiger partial charge in [0.1, 0.15) is 0 Å². The van der Waals surface area contributed by atoms with Crippen LogP contribution >= 0.6 is 0 Å². The summed E-state index contributed by atoms with van der Waals surface area (Å²) >= 11 is 0. The minimum Gasteiger partial charge on any atom is -0.465 e. The van der Waals surface area contributed by atoms with Gasteiger partial charge in [0.25, 0.3) is 0 Å². The van der Waals surface area contributed by atoms with E-state index in [-0.39, 0.29) is 64.8 Å². The fourth-order valence-corrected chi connectivity index (χ4v) is 3.16. The lowest BCUT2D eigenvalue weighted by molar-refractivity contribution is -0.117. The maximum absolute atomic E-state index is 12.5. The molecule has 4 amide bonds. The first kappa shape index (κ1) is 24.5. The zero-order chi connectivity index (χ0) is 23.7. The second-order valence-electron chi connectivity index (χ2n) is 7.26. The van der Waals surface area contributed by atoms with Crippen molar-refractivity contribution in [1.29, 1.82) is 0 Å². The average Bonchev–Trinajstić information content (AvgIpc) is 2.71. The highest BCUT2D eigenvalue weighted by Gasteiger charge is 2.23. The van der Waals surface area contributed by atoms with E-state index in [1.54, 1.807) is 29.2 Å². The number of nitrogens with two attached hydrogens (primary N) is 1. The third-order valence-electron chi connectivity index (χ3n) is 5.03. The van der Waals surface area contributed by atoms with Gasteiger partial charge in [-0.15, -0.1) is 0 Å². The fraction of sp³-hybridized carbons (Fsp3) is 0.474. The van der Waals surface area contributed by atoms with Crippen molar-refractivity contribution in [3.63, 3.8) is 0 Å². The number of carbonyl (C=O) groups excluding carboxylic acids is 1. The van der Waals surface area contributed by atoms with Crippen LogP contribution in [0.5, 0.6) is 0 Å². The summed E-state index contributed by atoms with van der Waals surface area (Å²) in [5, 5.41) is 30.9. The van der Waals surface area contributed by atoms with E-state index in [0.717, 1.165) is 14.7 Å². The second kappa shape index (κ2) is 11.6. The van der Waals surface area contributed by atoms with Crippen LogP contribution in [0.3, 0.4) is 0 Å². The van der Waals surface area contributed by atoms with Crippen LogP contribution in [0.1, 0.15) is 0 Å². The number of hydrogen-bond donors (Lipinski definition) is 5. The Morgan fingerprint density at radius 1 is 0.719 bits per heavy atom. The minimum atomic E-state index is -1.25. The van der Waals surface area contributed by atoms with Gasteiger partial charge < -0.3 is 41.1 Å². The summed E-state index contributed by atoms with van der Waals surface area (Å²) in [5.74, 6) is -0.345. The number of hydrogen-bond acceptors (Lipinski definition) is 6. The monoisotopic (exact) mass is 452 g/mol. The first-order chi connectivity index (χ1) is 15.2. The van der Waals surface area contributed by atoms with Crippen LogP contribution in [0.25, 0.3) is 0 Å². The highest BCUT2D eigenvalue weighted by atomic mass is 16.4. The molecule has 0 bridgehead atoms. The molecule has 0 spiro atoms. The topological polar surface area (TPSA) is 180 Å². The van der Waals surface area contributed by atoms with Crippen LogP contribution in [0.4, 0.5) is 25.8 Å². The Morgan fingerprint density at radius 2 is 1.09 bits per heavy atom. The van der Waals surface area contributed by atoms with Gasteiger partial charge in [0.2, 0.25) is 5.91 Å². The highest BCUT2D eigenvalue weighted by molar-refractivity contribution is 5.92. The third kappa shape index (κ3) is 7.83. The van der Waals surface area contributed by atoms with E-state index in [2.05, 4.69) is 5.32 Å². The lowest BCUT2D eigenvalue weighted by Crippen LogP contribution is -2.49. The summed E-state index contributed by atoms with van der Waals surface area (Å²) in [6.07, 6.45) is -3.66. The van der Waals surface area contributed by atoms with E-state index >= 15 is 0 Å². The number of carbonyl (C=O) groups is 4. The molecule has 32 heavy (non-hydrogen) atoms. The van der Waals surface area contributed by atoms with Gasteiger partial charge in [0.15, 0.2) is 0 Å². The maximum Gasteiger partial charge on any atom is 0.407 e. The Hall–Kier alpha value is -3.74. The molecule has 13 heteroatoms. The van der Waals surface area contributed by atoms with Crippen molar-refractivity contribution in [2.45, 2.75) is 0 Å². The van der Waals surface area contributed by atoms with Gasteiger partial charge in [-0.25, -0.2) is 14.4 Å². The van der Waals surface area contributed by atoms with Crippen LogP contribution in [0.15, 0.2) is 24.3 Å². The highest BCUT2D eigenvalue weighted by Crippen LogP contribution is 2.10. The van der Waals surface area contributed by atoms with E-state index in [9.17, 15) is 34.5 Å². The zero-order valence-corrected chi connectivity index (χ0v) is 17.5. The molecule has 6 N–H and O–H groups in total. The SMILES string of the molecule is Nc1ccc(NC(=O)CN2CCN(C(=O)O)CCN(C(=O)O)CCN(C(=O)O)CC2)cc1. The van der Waals surface area contributed by atoms with Gasteiger partial charge in [-0.2, -0.15) is 0 Å². The Morgan fingerprint density at radius 3 is 1.47 bits per heavy atom. The predicted molar refractivity (Wildman–Crippen MR) is 115 cm³/mol. The van der Waals surface area contributed by atoms with E-state index in [1.165, 1.54) is 0 Å². The van der Waals surface area contributed by atoms with Crippen molar-refractivity contribution < 1.29 is 34.5 Å². The smallest absolute Gasteiger partial charge is 0.407 e. The average molecular weight is 452 g/mol. The molecule has 1 fully saturated rings.